The van der Waals surface area contributed by atoms with Crippen LogP contribution in [-0.4, -0.2) is 110 Å². The summed E-state index contributed by atoms with van der Waals surface area (Å²) < 4.78 is 33.5. The van der Waals surface area contributed by atoms with Gasteiger partial charge in [0, 0.05) is 12.8 Å². The molecule has 3 unspecified atom stereocenters. The number of phosphoric ester groups is 1. The fourth-order valence-electron chi connectivity index (χ4n) is 6.96. The highest BCUT2D eigenvalue weighted by Gasteiger charge is 2.51. The second-order valence-corrected chi connectivity index (χ2v) is 18.6. The Bertz CT molecular complexity index is 1510. The van der Waals surface area contributed by atoms with Crippen LogP contribution < -0.4 is 0 Å². The number of allylic oxidation sites excluding steroid dienone is 12. The standard InChI is InChI=1S/C52H87O14P/c1-3-5-7-9-11-12-13-14-15-16-17-18-19-20-21-22-23-27-31-35-39-45(54)63-41-44(42-64-67(61,62)66-52-50(59)48(57)47(56)49(58)51(52)60)65-46(55)40-36-32-28-25-24-26-30-34-38-43(53)37-33-29-10-8-6-4-2/h12-13,15-16,18-19,25-26,28-30,33-34,38,43-44,47-53,56-60H,3-11,14,17,20-24,27,31-32,35-37,39-42H2,1-2H3,(H,61,62)/b13-12-,16-15-,19-18-,28-25-,30-26-,33-29-,38-34+/t43-,44+,47?,48-,49+,50+,51+,52?/m0/s1. The zero-order chi connectivity index (χ0) is 49.4. The fourth-order valence-corrected chi connectivity index (χ4v) is 7.93. The van der Waals surface area contributed by atoms with Gasteiger partial charge in [-0.25, -0.2) is 4.57 Å². The molecule has 1 rings (SSSR count). The summed E-state index contributed by atoms with van der Waals surface area (Å²) in [6.07, 6.45) is 36.5. The van der Waals surface area contributed by atoms with Crippen molar-refractivity contribution in [1.82, 2.24) is 0 Å². The molecular formula is C52H87O14P. The van der Waals surface area contributed by atoms with Crippen LogP contribution in [-0.2, 0) is 32.7 Å². The summed E-state index contributed by atoms with van der Waals surface area (Å²) in [5, 5.41) is 60.3. The molecular weight excluding hydrogens is 880 g/mol. The monoisotopic (exact) mass is 967 g/mol. The third-order valence-corrected chi connectivity index (χ3v) is 12.0. The second kappa shape index (κ2) is 40.8. The van der Waals surface area contributed by atoms with Gasteiger partial charge >= 0.3 is 19.8 Å². The van der Waals surface area contributed by atoms with Gasteiger partial charge < -0.3 is 45.0 Å². The summed E-state index contributed by atoms with van der Waals surface area (Å²) >= 11 is 0. The lowest BCUT2D eigenvalue weighted by molar-refractivity contribution is -0.220. The van der Waals surface area contributed by atoms with Crippen molar-refractivity contribution in [3.8, 4) is 0 Å². The Morgan fingerprint density at radius 2 is 1.00 bits per heavy atom. The minimum Gasteiger partial charge on any atom is -0.462 e. The predicted octanol–water partition coefficient (Wildman–Crippen LogP) is 9.42. The van der Waals surface area contributed by atoms with Gasteiger partial charge in [0.25, 0.3) is 0 Å². The zero-order valence-corrected chi connectivity index (χ0v) is 41.4. The lowest BCUT2D eigenvalue weighted by atomic mass is 9.85. The molecule has 1 saturated carbocycles. The average Bonchev–Trinajstić information content (AvgIpc) is 3.31. The van der Waals surface area contributed by atoms with Gasteiger partial charge in [0.1, 0.15) is 43.2 Å². The van der Waals surface area contributed by atoms with Gasteiger partial charge in [-0.3, -0.25) is 18.6 Å². The summed E-state index contributed by atoms with van der Waals surface area (Å²) in [7, 11) is -5.16. The normalized spacial score (nSPS) is 22.3. The van der Waals surface area contributed by atoms with E-state index in [4.69, 9.17) is 18.5 Å². The maximum atomic E-state index is 12.8. The molecule has 0 saturated heterocycles. The van der Waals surface area contributed by atoms with Gasteiger partial charge in [-0.2, -0.15) is 0 Å². The SMILES string of the molecule is CCCCC/C=C\C[C@H](O)/C=C/C=C\C/C=C\CCCC(=O)O[C@H](COC(=O)CCCCCCCC/C=C\C/C=C\C/C=C\CCCCCC)COP(=O)(O)OC1[C@H](O)[C@H](O)C(O)[C@H](O)[C@H]1O. The van der Waals surface area contributed by atoms with Gasteiger partial charge in [-0.15, -0.1) is 0 Å². The molecule has 0 aliphatic heterocycles. The van der Waals surface area contributed by atoms with Crippen LogP contribution in [0.5, 0.6) is 0 Å². The van der Waals surface area contributed by atoms with Crippen molar-refractivity contribution in [2.45, 2.75) is 217 Å². The van der Waals surface area contributed by atoms with Crippen molar-refractivity contribution in [3.63, 3.8) is 0 Å². The van der Waals surface area contributed by atoms with Gasteiger partial charge in [0.2, 0.25) is 0 Å². The van der Waals surface area contributed by atoms with Crippen LogP contribution in [0.4, 0.5) is 0 Å². The molecule has 15 heteroatoms. The number of aliphatic hydroxyl groups is 6. The molecule has 384 valence electrons. The zero-order valence-electron chi connectivity index (χ0n) is 40.5. The number of phosphoric acid groups is 1. The van der Waals surface area contributed by atoms with Crippen LogP contribution in [0, 0.1) is 0 Å². The van der Waals surface area contributed by atoms with E-state index in [0.29, 0.717) is 32.1 Å². The Kier molecular flexibility index (Phi) is 37.8. The van der Waals surface area contributed by atoms with Crippen molar-refractivity contribution in [2.24, 2.45) is 0 Å². The third-order valence-electron chi connectivity index (χ3n) is 11.0. The first-order chi connectivity index (χ1) is 32.3. The lowest BCUT2D eigenvalue weighted by Crippen LogP contribution is -2.64. The molecule has 0 bridgehead atoms. The molecule has 0 heterocycles. The van der Waals surface area contributed by atoms with Crippen LogP contribution >= 0.6 is 7.82 Å². The first-order valence-electron chi connectivity index (χ1n) is 25.0. The van der Waals surface area contributed by atoms with Crippen molar-refractivity contribution in [3.05, 3.63) is 85.1 Å². The molecule has 1 aliphatic rings. The van der Waals surface area contributed by atoms with E-state index in [-0.39, 0.29) is 12.8 Å². The topological polar surface area (TPSA) is 230 Å². The molecule has 9 atom stereocenters. The highest BCUT2D eigenvalue weighted by molar-refractivity contribution is 7.47. The van der Waals surface area contributed by atoms with Crippen molar-refractivity contribution in [1.29, 1.82) is 0 Å². The number of unbranched alkanes of at least 4 members (excludes halogenated alkanes) is 14. The smallest absolute Gasteiger partial charge is 0.462 e. The van der Waals surface area contributed by atoms with Crippen molar-refractivity contribution in [2.75, 3.05) is 13.2 Å². The Morgan fingerprint density at radius 1 is 0.537 bits per heavy atom. The summed E-state index contributed by atoms with van der Waals surface area (Å²) in [6.45, 7) is 3.12. The molecule has 1 fully saturated rings. The van der Waals surface area contributed by atoms with Crippen LogP contribution in [0.1, 0.15) is 168 Å². The summed E-state index contributed by atoms with van der Waals surface area (Å²) in [5.74, 6) is -1.23. The largest absolute Gasteiger partial charge is 0.472 e. The number of rotatable bonds is 40. The minimum absolute atomic E-state index is 0.0187. The summed E-state index contributed by atoms with van der Waals surface area (Å²) in [4.78, 5) is 35.8. The van der Waals surface area contributed by atoms with E-state index in [2.05, 4.69) is 56.4 Å². The van der Waals surface area contributed by atoms with Crippen LogP contribution in [0.2, 0.25) is 0 Å². The van der Waals surface area contributed by atoms with Crippen molar-refractivity contribution >= 4 is 19.8 Å². The lowest BCUT2D eigenvalue weighted by Gasteiger charge is -2.41. The molecule has 0 aromatic rings. The van der Waals surface area contributed by atoms with E-state index >= 15 is 0 Å². The summed E-state index contributed by atoms with van der Waals surface area (Å²) in [5.41, 5.74) is 0. The molecule has 67 heavy (non-hydrogen) atoms. The molecule has 0 aromatic heterocycles. The first-order valence-corrected chi connectivity index (χ1v) is 26.5. The molecule has 7 N–H and O–H groups in total. The molecule has 0 aromatic carbocycles. The van der Waals surface area contributed by atoms with Crippen LogP contribution in [0.25, 0.3) is 0 Å². The van der Waals surface area contributed by atoms with E-state index in [1.165, 1.54) is 44.9 Å². The van der Waals surface area contributed by atoms with E-state index < -0.39 is 81.8 Å². The maximum absolute atomic E-state index is 12.8. The number of ether oxygens (including phenoxy) is 2. The maximum Gasteiger partial charge on any atom is 0.472 e. The molecule has 14 nitrogen and oxygen atoms in total. The highest BCUT2D eigenvalue weighted by Crippen LogP contribution is 2.47. The van der Waals surface area contributed by atoms with E-state index in [1.54, 1.807) is 12.2 Å². The molecule has 0 spiro atoms. The van der Waals surface area contributed by atoms with Gasteiger partial charge in [-0.05, 0) is 83.5 Å². The quantitative estimate of drug-likeness (QED) is 0.00998. The first kappa shape index (κ1) is 62.0. The molecule has 1 aliphatic carbocycles. The van der Waals surface area contributed by atoms with Gasteiger partial charge in [0.05, 0.1) is 12.7 Å². The number of hydrogen-bond donors (Lipinski definition) is 7. The van der Waals surface area contributed by atoms with Crippen LogP contribution in [0.15, 0.2) is 85.1 Å². The second-order valence-electron chi connectivity index (χ2n) is 17.2. The van der Waals surface area contributed by atoms with Gasteiger partial charge in [0.15, 0.2) is 6.10 Å². The minimum atomic E-state index is -5.16. The van der Waals surface area contributed by atoms with E-state index in [1.807, 2.05) is 30.4 Å². The van der Waals surface area contributed by atoms with Gasteiger partial charge in [-0.1, -0.05) is 157 Å². The fraction of sp³-hybridized carbons (Fsp3) is 0.692. The van der Waals surface area contributed by atoms with Crippen LogP contribution in [0.3, 0.4) is 0 Å². The Morgan fingerprint density at radius 3 is 1.61 bits per heavy atom. The number of hydrogen-bond acceptors (Lipinski definition) is 13. The van der Waals surface area contributed by atoms with E-state index in [0.717, 1.165) is 64.2 Å². The number of carbonyl (C=O) groups excluding carboxylic acids is 2. The Balaban J connectivity index is 2.50. The van der Waals surface area contributed by atoms with Crippen molar-refractivity contribution < 1.29 is 68.2 Å². The molecule has 0 radical (unpaired) electrons. The number of esters is 2. The average molecular weight is 967 g/mol. The highest BCUT2D eigenvalue weighted by atomic mass is 31.2. The number of aliphatic hydroxyl groups excluding tert-OH is 6. The summed E-state index contributed by atoms with van der Waals surface area (Å²) in [6, 6.07) is 0. The third kappa shape index (κ3) is 33.2. The molecule has 0 amide bonds. The predicted molar refractivity (Wildman–Crippen MR) is 264 cm³/mol. The van der Waals surface area contributed by atoms with E-state index in [9.17, 15) is 49.7 Å². The Hall–Kier alpha value is -3.01. The number of carbonyl (C=O) groups is 2. The Labute approximate surface area is 401 Å².